The van der Waals surface area contributed by atoms with E-state index in [0.29, 0.717) is 5.56 Å². The number of benzene rings is 1. The Bertz CT molecular complexity index is 393. The van der Waals surface area contributed by atoms with E-state index in [4.69, 9.17) is 10.00 Å². The Labute approximate surface area is 103 Å². The van der Waals surface area contributed by atoms with Crippen LogP contribution in [0, 0.1) is 11.3 Å². The highest BCUT2D eigenvalue weighted by atomic mass is 16.5. The summed E-state index contributed by atoms with van der Waals surface area (Å²) in [5, 5.41) is 12.1. The van der Waals surface area contributed by atoms with Gasteiger partial charge in [0.15, 0.2) is 0 Å². The number of nitrogens with zero attached hydrogens (tertiary/aromatic N) is 1. The molecule has 0 fully saturated rings. The molecule has 0 heterocycles. The van der Waals surface area contributed by atoms with Crippen LogP contribution in [0.25, 0.3) is 0 Å². The molecule has 3 heteroatoms. The monoisotopic (exact) mass is 232 g/mol. The van der Waals surface area contributed by atoms with Gasteiger partial charge in [-0.25, -0.2) is 0 Å². The largest absolute Gasteiger partial charge is 0.375 e. The molecule has 17 heavy (non-hydrogen) atoms. The second kappa shape index (κ2) is 6.39. The van der Waals surface area contributed by atoms with Gasteiger partial charge in [0, 0.05) is 19.7 Å². The number of ether oxygens (including phenoxy) is 1. The van der Waals surface area contributed by atoms with E-state index in [1.54, 1.807) is 0 Å². The predicted octanol–water partition coefficient (Wildman–Crippen LogP) is 2.46. The lowest BCUT2D eigenvalue weighted by Crippen LogP contribution is -2.37. The van der Waals surface area contributed by atoms with Gasteiger partial charge in [-0.1, -0.05) is 12.1 Å². The maximum Gasteiger partial charge on any atom is 0.0991 e. The summed E-state index contributed by atoms with van der Waals surface area (Å²) in [7, 11) is 0. The van der Waals surface area contributed by atoms with Crippen LogP contribution in [-0.2, 0) is 11.3 Å². The second-order valence-electron chi connectivity index (χ2n) is 4.61. The molecule has 0 unspecified atom stereocenters. The summed E-state index contributed by atoms with van der Waals surface area (Å²) in [6, 6.07) is 9.78. The fraction of sp³-hybridized carbons (Fsp3) is 0.500. The van der Waals surface area contributed by atoms with E-state index in [2.05, 4.69) is 25.2 Å². The van der Waals surface area contributed by atoms with E-state index < -0.39 is 0 Å². The molecule has 0 aliphatic rings. The van der Waals surface area contributed by atoms with Crippen molar-refractivity contribution in [3.63, 3.8) is 0 Å². The van der Waals surface area contributed by atoms with Gasteiger partial charge < -0.3 is 10.1 Å². The van der Waals surface area contributed by atoms with E-state index in [0.717, 1.165) is 25.3 Å². The lowest BCUT2D eigenvalue weighted by molar-refractivity contribution is -0.00897. The molecule has 1 rings (SSSR count). The van der Waals surface area contributed by atoms with Gasteiger partial charge in [0.1, 0.15) is 0 Å². The minimum absolute atomic E-state index is 0.151. The highest BCUT2D eigenvalue weighted by Crippen LogP contribution is 2.08. The lowest BCUT2D eigenvalue weighted by atomic mass is 10.1. The maximum atomic E-state index is 8.80. The SMILES string of the molecule is CCOC(C)(C)CNCc1cccc(C#N)c1. The normalized spacial score (nSPS) is 11.2. The van der Waals surface area contributed by atoms with Crippen LogP contribution in [-0.4, -0.2) is 18.8 Å². The standard InChI is InChI=1S/C14H20N2O/c1-4-17-14(2,3)11-16-10-13-7-5-6-12(8-13)9-15/h5-8,16H,4,10-11H2,1-3H3. The molecule has 0 saturated heterocycles. The zero-order chi connectivity index (χ0) is 12.7. The van der Waals surface area contributed by atoms with Crippen molar-refractivity contribution in [2.75, 3.05) is 13.2 Å². The van der Waals surface area contributed by atoms with Crippen molar-refractivity contribution in [3.05, 3.63) is 35.4 Å². The van der Waals surface area contributed by atoms with Gasteiger partial charge in [-0.15, -0.1) is 0 Å². The van der Waals surface area contributed by atoms with Gasteiger partial charge in [-0.05, 0) is 38.5 Å². The van der Waals surface area contributed by atoms with Crippen LogP contribution in [0.15, 0.2) is 24.3 Å². The fourth-order valence-corrected chi connectivity index (χ4v) is 1.70. The Morgan fingerprint density at radius 2 is 2.18 bits per heavy atom. The third kappa shape index (κ3) is 4.99. The van der Waals surface area contributed by atoms with E-state index in [9.17, 15) is 0 Å². The Balaban J connectivity index is 2.43. The molecule has 1 aromatic carbocycles. The molecule has 0 radical (unpaired) electrons. The van der Waals surface area contributed by atoms with Crippen molar-refractivity contribution in [1.29, 1.82) is 5.26 Å². The molecular weight excluding hydrogens is 212 g/mol. The number of rotatable bonds is 6. The van der Waals surface area contributed by atoms with Crippen molar-refractivity contribution >= 4 is 0 Å². The molecule has 92 valence electrons. The van der Waals surface area contributed by atoms with Crippen molar-refractivity contribution in [2.24, 2.45) is 0 Å². The number of nitrogens with one attached hydrogen (secondary N) is 1. The average molecular weight is 232 g/mol. The molecule has 0 spiro atoms. The summed E-state index contributed by atoms with van der Waals surface area (Å²) >= 11 is 0. The molecule has 3 nitrogen and oxygen atoms in total. The zero-order valence-corrected chi connectivity index (χ0v) is 10.8. The van der Waals surface area contributed by atoms with Crippen LogP contribution < -0.4 is 5.32 Å². The molecule has 0 bridgehead atoms. The van der Waals surface area contributed by atoms with E-state index in [1.807, 2.05) is 31.2 Å². The molecule has 0 amide bonds. The minimum Gasteiger partial charge on any atom is -0.375 e. The van der Waals surface area contributed by atoms with Crippen molar-refractivity contribution in [3.8, 4) is 6.07 Å². The Morgan fingerprint density at radius 3 is 2.82 bits per heavy atom. The highest BCUT2D eigenvalue weighted by Gasteiger charge is 2.16. The number of hydrogen-bond acceptors (Lipinski definition) is 3. The minimum atomic E-state index is -0.151. The molecule has 1 N–H and O–H groups in total. The van der Waals surface area contributed by atoms with Crippen molar-refractivity contribution < 1.29 is 4.74 Å². The summed E-state index contributed by atoms with van der Waals surface area (Å²) in [5.74, 6) is 0. The number of hydrogen-bond donors (Lipinski definition) is 1. The molecule has 0 saturated carbocycles. The maximum absolute atomic E-state index is 8.80. The second-order valence-corrected chi connectivity index (χ2v) is 4.61. The zero-order valence-electron chi connectivity index (χ0n) is 10.8. The molecule has 0 aromatic heterocycles. The molecule has 1 aromatic rings. The first-order valence-corrected chi connectivity index (χ1v) is 5.91. The van der Waals surface area contributed by atoms with Crippen molar-refractivity contribution in [2.45, 2.75) is 32.9 Å². The van der Waals surface area contributed by atoms with Gasteiger partial charge in [0.25, 0.3) is 0 Å². The van der Waals surface area contributed by atoms with E-state index in [-0.39, 0.29) is 5.60 Å². The quantitative estimate of drug-likeness (QED) is 0.819. The highest BCUT2D eigenvalue weighted by molar-refractivity contribution is 5.32. The average Bonchev–Trinajstić information content (AvgIpc) is 2.29. The van der Waals surface area contributed by atoms with Crippen molar-refractivity contribution in [1.82, 2.24) is 5.32 Å². The first kappa shape index (κ1) is 13.7. The smallest absolute Gasteiger partial charge is 0.0991 e. The van der Waals surface area contributed by atoms with Gasteiger partial charge >= 0.3 is 0 Å². The first-order valence-electron chi connectivity index (χ1n) is 5.91. The molecule has 0 aliphatic carbocycles. The van der Waals surface area contributed by atoms with Gasteiger partial charge in [-0.2, -0.15) is 5.26 Å². The topological polar surface area (TPSA) is 45.0 Å². The Kier molecular flexibility index (Phi) is 5.14. The summed E-state index contributed by atoms with van der Waals surface area (Å²) in [6.07, 6.45) is 0. The van der Waals surface area contributed by atoms with Crippen LogP contribution in [0.2, 0.25) is 0 Å². The summed E-state index contributed by atoms with van der Waals surface area (Å²) in [6.45, 7) is 8.39. The third-order valence-electron chi connectivity index (χ3n) is 2.47. The summed E-state index contributed by atoms with van der Waals surface area (Å²) < 4.78 is 5.60. The van der Waals surface area contributed by atoms with Crippen LogP contribution in [0.4, 0.5) is 0 Å². The summed E-state index contributed by atoms with van der Waals surface area (Å²) in [4.78, 5) is 0. The van der Waals surface area contributed by atoms with Crippen LogP contribution in [0.3, 0.4) is 0 Å². The first-order chi connectivity index (χ1) is 8.07. The molecule has 0 atom stereocenters. The van der Waals surface area contributed by atoms with Crippen LogP contribution in [0.1, 0.15) is 31.9 Å². The fourth-order valence-electron chi connectivity index (χ4n) is 1.70. The van der Waals surface area contributed by atoms with E-state index in [1.165, 1.54) is 0 Å². The van der Waals surface area contributed by atoms with Gasteiger partial charge in [0.05, 0.1) is 17.2 Å². The van der Waals surface area contributed by atoms with Gasteiger partial charge in [-0.3, -0.25) is 0 Å². The van der Waals surface area contributed by atoms with E-state index >= 15 is 0 Å². The Hall–Kier alpha value is -1.37. The number of nitriles is 1. The molecular formula is C14H20N2O. The predicted molar refractivity (Wildman–Crippen MR) is 68.6 cm³/mol. The molecule has 0 aliphatic heterocycles. The van der Waals surface area contributed by atoms with Crippen LogP contribution >= 0.6 is 0 Å². The lowest BCUT2D eigenvalue weighted by Gasteiger charge is -2.25. The Morgan fingerprint density at radius 1 is 1.41 bits per heavy atom. The van der Waals surface area contributed by atoms with Gasteiger partial charge in [0.2, 0.25) is 0 Å². The van der Waals surface area contributed by atoms with Crippen LogP contribution in [0.5, 0.6) is 0 Å². The third-order valence-corrected chi connectivity index (χ3v) is 2.47. The summed E-state index contributed by atoms with van der Waals surface area (Å²) in [5.41, 5.74) is 1.67.